The molecule has 9 nitrogen and oxygen atoms in total. The standard InChI is InChI=1S/C67H120NO8P/c1-3-5-7-9-11-13-15-17-19-21-23-25-26-27-28-29-30-31-32-33-34-35-36-37-38-40-42-44-46-48-50-52-54-56-58-60-67(70)76-65(64-75-77(71,72)74-62-61-68)63-73-66(69)59-57-55-53-51-49-47-45-43-41-39-24-22-20-18-16-14-12-10-8-6-4-2/h5,7,11,13,16-19,22-25,41,43,65H,3-4,6,8-10,12,14-15,20-21,26-40,42,44-64,68H2,1-2H3,(H,71,72)/b7-5-,13-11-,18-16-,19-17-,24-22-,25-23-,43-41-. The zero-order chi connectivity index (χ0) is 55.9. The van der Waals surface area contributed by atoms with Crippen molar-refractivity contribution in [3.8, 4) is 0 Å². The highest BCUT2D eigenvalue weighted by Crippen LogP contribution is 2.43. The third kappa shape index (κ3) is 62.3. The Hall–Kier alpha value is -2.81. The lowest BCUT2D eigenvalue weighted by atomic mass is 10.0. The molecule has 0 rings (SSSR count). The highest BCUT2D eigenvalue weighted by molar-refractivity contribution is 7.47. The minimum absolute atomic E-state index is 0.0499. The summed E-state index contributed by atoms with van der Waals surface area (Å²) >= 11 is 0. The average Bonchev–Trinajstić information content (AvgIpc) is 3.42. The summed E-state index contributed by atoms with van der Waals surface area (Å²) in [5.74, 6) is -0.833. The van der Waals surface area contributed by atoms with E-state index in [4.69, 9.17) is 24.3 Å². The zero-order valence-electron chi connectivity index (χ0n) is 49.9. The van der Waals surface area contributed by atoms with Crippen molar-refractivity contribution in [2.24, 2.45) is 5.73 Å². The van der Waals surface area contributed by atoms with Gasteiger partial charge in [0, 0.05) is 19.4 Å². The molecular formula is C67H120NO8P. The summed E-state index contributed by atoms with van der Waals surface area (Å²) in [6.07, 6.45) is 82.3. The molecule has 0 heterocycles. The molecular weight excluding hydrogens is 978 g/mol. The lowest BCUT2D eigenvalue weighted by Crippen LogP contribution is -2.29. The van der Waals surface area contributed by atoms with Crippen LogP contribution in [0.25, 0.3) is 0 Å². The van der Waals surface area contributed by atoms with E-state index in [1.54, 1.807) is 0 Å². The van der Waals surface area contributed by atoms with Crippen molar-refractivity contribution in [1.29, 1.82) is 0 Å². The molecule has 0 aromatic rings. The molecule has 446 valence electrons. The van der Waals surface area contributed by atoms with Crippen LogP contribution in [0.1, 0.15) is 296 Å². The summed E-state index contributed by atoms with van der Waals surface area (Å²) in [6.45, 7) is 3.63. The van der Waals surface area contributed by atoms with Crippen LogP contribution in [0.2, 0.25) is 0 Å². The summed E-state index contributed by atoms with van der Waals surface area (Å²) < 4.78 is 33.1. The van der Waals surface area contributed by atoms with Gasteiger partial charge in [-0.15, -0.1) is 0 Å². The van der Waals surface area contributed by atoms with Gasteiger partial charge in [-0.1, -0.05) is 279 Å². The maximum absolute atomic E-state index is 12.7. The summed E-state index contributed by atoms with van der Waals surface area (Å²) in [5, 5.41) is 0. The van der Waals surface area contributed by atoms with E-state index in [9.17, 15) is 19.0 Å². The Morgan fingerprint density at radius 1 is 0.403 bits per heavy atom. The van der Waals surface area contributed by atoms with E-state index >= 15 is 0 Å². The molecule has 0 bridgehead atoms. The van der Waals surface area contributed by atoms with Gasteiger partial charge in [-0.25, -0.2) is 4.57 Å². The van der Waals surface area contributed by atoms with E-state index in [1.165, 1.54) is 173 Å². The van der Waals surface area contributed by atoms with Gasteiger partial charge in [-0.05, 0) is 89.9 Å². The number of rotatable bonds is 60. The van der Waals surface area contributed by atoms with Crippen molar-refractivity contribution in [2.45, 2.75) is 302 Å². The number of unbranched alkanes of at least 4 members (excludes halogenated alkanes) is 33. The Morgan fingerprint density at radius 2 is 0.714 bits per heavy atom. The maximum Gasteiger partial charge on any atom is 0.472 e. The summed E-state index contributed by atoms with van der Waals surface area (Å²) in [6, 6.07) is 0. The van der Waals surface area contributed by atoms with Crippen molar-refractivity contribution in [3.05, 3.63) is 85.1 Å². The molecule has 0 saturated heterocycles. The smallest absolute Gasteiger partial charge is 0.462 e. The van der Waals surface area contributed by atoms with E-state index in [0.717, 1.165) is 89.9 Å². The van der Waals surface area contributed by atoms with Crippen molar-refractivity contribution in [3.63, 3.8) is 0 Å². The van der Waals surface area contributed by atoms with Crippen LogP contribution >= 0.6 is 7.82 Å². The van der Waals surface area contributed by atoms with Gasteiger partial charge in [0.15, 0.2) is 6.10 Å². The minimum atomic E-state index is -4.40. The molecule has 0 fully saturated rings. The first-order valence-electron chi connectivity index (χ1n) is 32.1. The van der Waals surface area contributed by atoms with Gasteiger partial charge in [0.2, 0.25) is 0 Å². The van der Waals surface area contributed by atoms with Crippen molar-refractivity contribution < 1.29 is 37.6 Å². The Balaban J connectivity index is 3.88. The summed E-state index contributed by atoms with van der Waals surface area (Å²) in [7, 11) is -4.40. The van der Waals surface area contributed by atoms with Crippen molar-refractivity contribution in [1.82, 2.24) is 0 Å². The highest BCUT2D eigenvalue weighted by atomic mass is 31.2. The number of phosphoric ester groups is 1. The first-order valence-corrected chi connectivity index (χ1v) is 33.6. The maximum atomic E-state index is 12.7. The molecule has 2 unspecified atom stereocenters. The fourth-order valence-electron chi connectivity index (χ4n) is 9.05. The van der Waals surface area contributed by atoms with Gasteiger partial charge in [-0.3, -0.25) is 18.6 Å². The largest absolute Gasteiger partial charge is 0.472 e. The number of hydrogen-bond donors (Lipinski definition) is 2. The molecule has 0 radical (unpaired) electrons. The van der Waals surface area contributed by atoms with Gasteiger partial charge in [0.1, 0.15) is 6.61 Å². The fourth-order valence-corrected chi connectivity index (χ4v) is 9.81. The van der Waals surface area contributed by atoms with E-state index in [0.29, 0.717) is 6.42 Å². The lowest BCUT2D eigenvalue weighted by molar-refractivity contribution is -0.161. The number of phosphoric acid groups is 1. The quantitative estimate of drug-likeness (QED) is 0.0264. The van der Waals surface area contributed by atoms with Gasteiger partial charge in [-0.2, -0.15) is 0 Å². The van der Waals surface area contributed by atoms with E-state index < -0.39 is 26.5 Å². The minimum Gasteiger partial charge on any atom is -0.462 e. The van der Waals surface area contributed by atoms with Crippen LogP contribution in [0.15, 0.2) is 85.1 Å². The lowest BCUT2D eigenvalue weighted by Gasteiger charge is -2.19. The van der Waals surface area contributed by atoms with Crippen molar-refractivity contribution in [2.75, 3.05) is 26.4 Å². The number of allylic oxidation sites excluding steroid dienone is 14. The fraction of sp³-hybridized carbons (Fsp3) is 0.761. The number of carbonyl (C=O) groups is 2. The number of hydrogen-bond acceptors (Lipinski definition) is 8. The molecule has 0 amide bonds. The van der Waals surface area contributed by atoms with Gasteiger partial charge in [0.05, 0.1) is 13.2 Å². The van der Waals surface area contributed by atoms with E-state index in [2.05, 4.69) is 98.9 Å². The normalized spacial score (nSPS) is 13.6. The summed E-state index contributed by atoms with van der Waals surface area (Å²) in [4.78, 5) is 35.3. The second-order valence-corrected chi connectivity index (χ2v) is 22.7. The van der Waals surface area contributed by atoms with Crippen LogP contribution < -0.4 is 5.73 Å². The van der Waals surface area contributed by atoms with Crippen LogP contribution in [-0.2, 0) is 32.7 Å². The van der Waals surface area contributed by atoms with Gasteiger partial charge < -0.3 is 20.1 Å². The molecule has 0 spiro atoms. The van der Waals surface area contributed by atoms with E-state index in [-0.39, 0.29) is 38.6 Å². The molecule has 0 aliphatic carbocycles. The second-order valence-electron chi connectivity index (χ2n) is 21.2. The third-order valence-electron chi connectivity index (χ3n) is 13.8. The molecule has 0 aromatic carbocycles. The molecule has 10 heteroatoms. The first kappa shape index (κ1) is 74.2. The Labute approximate surface area is 474 Å². The summed E-state index contributed by atoms with van der Waals surface area (Å²) in [5.41, 5.74) is 5.39. The van der Waals surface area contributed by atoms with E-state index in [1.807, 2.05) is 0 Å². The predicted molar refractivity (Wildman–Crippen MR) is 330 cm³/mol. The second kappa shape index (κ2) is 62.4. The van der Waals surface area contributed by atoms with Gasteiger partial charge in [0.25, 0.3) is 0 Å². The molecule has 2 atom stereocenters. The zero-order valence-corrected chi connectivity index (χ0v) is 50.8. The molecule has 0 saturated carbocycles. The number of nitrogens with two attached hydrogens (primary N) is 1. The predicted octanol–water partition coefficient (Wildman–Crippen LogP) is 20.6. The van der Waals surface area contributed by atoms with Crippen LogP contribution in [0.3, 0.4) is 0 Å². The van der Waals surface area contributed by atoms with Crippen LogP contribution in [0.4, 0.5) is 0 Å². The number of ether oxygens (including phenoxy) is 2. The highest BCUT2D eigenvalue weighted by Gasteiger charge is 2.26. The molecule has 0 aliphatic heterocycles. The SMILES string of the molecule is CC/C=C\C/C=C\C/C=C\C/C=C\CCCCCCCCCCCCCCCCCCCCCCCCC(=O)OC(COC(=O)CCCCCCCC/C=C\C/C=C\C/C=C\CCCCCCC)COP(=O)(O)OCCN. The van der Waals surface area contributed by atoms with Crippen LogP contribution in [0, 0.1) is 0 Å². The third-order valence-corrected chi connectivity index (χ3v) is 14.7. The van der Waals surface area contributed by atoms with Crippen LogP contribution in [-0.4, -0.2) is 49.3 Å². The Bertz CT molecular complexity index is 1530. The average molecular weight is 1100 g/mol. The topological polar surface area (TPSA) is 134 Å². The monoisotopic (exact) mass is 1100 g/mol. The van der Waals surface area contributed by atoms with Crippen LogP contribution in [0.5, 0.6) is 0 Å². The molecule has 77 heavy (non-hydrogen) atoms. The number of esters is 2. The molecule has 0 aliphatic rings. The van der Waals surface area contributed by atoms with Gasteiger partial charge >= 0.3 is 19.8 Å². The first-order chi connectivity index (χ1) is 37.8. The number of carbonyl (C=O) groups excluding carboxylic acids is 2. The Kier molecular flexibility index (Phi) is 60.1. The molecule has 3 N–H and O–H groups in total. The van der Waals surface area contributed by atoms with Crippen molar-refractivity contribution >= 4 is 19.8 Å². The Morgan fingerprint density at radius 3 is 1.06 bits per heavy atom. The molecule has 0 aromatic heterocycles.